The highest BCUT2D eigenvalue weighted by atomic mass is 32.1. The van der Waals surface area contributed by atoms with Crippen LogP contribution in [-0.4, -0.2) is 27.1 Å². The van der Waals surface area contributed by atoms with E-state index >= 15 is 0 Å². The van der Waals surface area contributed by atoms with Gasteiger partial charge in [0, 0.05) is 29.1 Å². The van der Waals surface area contributed by atoms with Crippen LogP contribution in [0.2, 0.25) is 0 Å². The van der Waals surface area contributed by atoms with Crippen molar-refractivity contribution < 1.29 is 19.1 Å². The topological polar surface area (TPSA) is 108 Å². The van der Waals surface area contributed by atoms with Crippen LogP contribution in [0.25, 0.3) is 11.3 Å². The fraction of sp³-hybridized carbons (Fsp3) is 0.200. The van der Waals surface area contributed by atoms with Crippen LogP contribution < -0.4 is 15.5 Å². The second-order valence-corrected chi connectivity index (χ2v) is 10.1. The molecule has 1 aliphatic heterocycles. The lowest BCUT2D eigenvalue weighted by Crippen LogP contribution is -2.29. The summed E-state index contributed by atoms with van der Waals surface area (Å²) in [6.07, 6.45) is 1.73. The van der Waals surface area contributed by atoms with Crippen molar-refractivity contribution >= 4 is 40.6 Å². The summed E-state index contributed by atoms with van der Waals surface area (Å²) in [4.78, 5) is 30.6. The summed E-state index contributed by atoms with van der Waals surface area (Å²) in [5.74, 6) is -0.170. The Morgan fingerprint density at radius 2 is 1.85 bits per heavy atom. The highest BCUT2D eigenvalue weighted by Gasteiger charge is 2.42. The van der Waals surface area contributed by atoms with Gasteiger partial charge in [-0.3, -0.25) is 9.78 Å². The number of anilines is 2. The Bertz CT molecular complexity index is 1550. The molecule has 0 bridgehead atoms. The minimum absolute atomic E-state index is 0.0536. The zero-order valence-electron chi connectivity index (χ0n) is 21.7. The number of carbonyl (C=O) groups is 2. The van der Waals surface area contributed by atoms with Gasteiger partial charge in [0.15, 0.2) is 5.11 Å². The maximum atomic E-state index is 12.3. The van der Waals surface area contributed by atoms with Crippen molar-refractivity contribution in [3.05, 3.63) is 102 Å². The Hall–Kier alpha value is -4.50. The zero-order valence-corrected chi connectivity index (χ0v) is 22.5. The number of rotatable bonds is 7. The molecule has 0 aliphatic carbocycles. The number of furan rings is 1. The number of aromatic carboxylic acids is 1. The number of hydrogen-bond donors (Lipinski definition) is 3. The first kappa shape index (κ1) is 26.1. The quantitative estimate of drug-likeness (QED) is 0.241. The molecule has 2 aromatic heterocycles. The number of aryl methyl sites for hydroxylation is 1. The van der Waals surface area contributed by atoms with Gasteiger partial charge in [-0.05, 0) is 73.2 Å². The number of benzene rings is 2. The second kappa shape index (κ2) is 10.7. The molecule has 0 spiro atoms. The van der Waals surface area contributed by atoms with Gasteiger partial charge in [-0.25, -0.2) is 4.79 Å². The van der Waals surface area contributed by atoms with Gasteiger partial charge in [0.25, 0.3) is 0 Å². The molecule has 198 valence electrons. The monoisotopic (exact) mass is 540 g/mol. The zero-order chi connectivity index (χ0) is 27.7. The number of amides is 1. The molecular formula is C30H28N4O4S. The summed E-state index contributed by atoms with van der Waals surface area (Å²) in [5, 5.41) is 16.5. The minimum Gasteiger partial charge on any atom is -0.478 e. The molecule has 9 heteroatoms. The molecule has 3 heterocycles. The van der Waals surface area contributed by atoms with Crippen molar-refractivity contribution in [2.75, 3.05) is 10.2 Å². The molecule has 5 rings (SSSR count). The van der Waals surface area contributed by atoms with Crippen molar-refractivity contribution in [2.45, 2.75) is 32.9 Å². The summed E-state index contributed by atoms with van der Waals surface area (Å²) in [5.41, 5.74) is 3.88. The number of nitrogens with one attached hydrogen (secondary N) is 2. The van der Waals surface area contributed by atoms with Gasteiger partial charge in [-0.15, -0.1) is 0 Å². The molecule has 1 amide bonds. The first-order valence-corrected chi connectivity index (χ1v) is 13.0. The van der Waals surface area contributed by atoms with E-state index < -0.39 is 12.0 Å². The Balaban J connectivity index is 1.57. The SMILES string of the molecule is Cc1cc(N2C(=S)N[C@H](c3ccccn3)[C@H]2c2ccc(-c3ccccc3C(=O)O)o2)ccc1NC(=O)C(C)C. The maximum absolute atomic E-state index is 12.3. The molecule has 2 aromatic carbocycles. The van der Waals surface area contributed by atoms with E-state index in [-0.39, 0.29) is 23.4 Å². The summed E-state index contributed by atoms with van der Waals surface area (Å²) < 4.78 is 6.34. The Morgan fingerprint density at radius 3 is 2.54 bits per heavy atom. The predicted octanol–water partition coefficient (Wildman–Crippen LogP) is 6.12. The van der Waals surface area contributed by atoms with E-state index in [2.05, 4.69) is 15.6 Å². The molecule has 0 radical (unpaired) electrons. The third-order valence-corrected chi connectivity index (χ3v) is 7.02. The number of hydrogen-bond acceptors (Lipinski definition) is 5. The van der Waals surface area contributed by atoms with Gasteiger partial charge >= 0.3 is 5.97 Å². The number of carboxylic acids is 1. The number of nitrogens with zero attached hydrogens (tertiary/aromatic N) is 2. The first-order chi connectivity index (χ1) is 18.7. The van der Waals surface area contributed by atoms with Crippen LogP contribution >= 0.6 is 12.2 Å². The molecule has 0 unspecified atom stereocenters. The van der Waals surface area contributed by atoms with Crippen molar-refractivity contribution in [1.29, 1.82) is 0 Å². The van der Waals surface area contributed by atoms with Gasteiger partial charge < -0.3 is 25.1 Å². The maximum Gasteiger partial charge on any atom is 0.336 e. The lowest BCUT2D eigenvalue weighted by Gasteiger charge is -2.27. The lowest BCUT2D eigenvalue weighted by atomic mass is 10.0. The van der Waals surface area contributed by atoms with E-state index in [1.165, 1.54) is 0 Å². The lowest BCUT2D eigenvalue weighted by molar-refractivity contribution is -0.118. The van der Waals surface area contributed by atoms with Gasteiger partial charge in [-0.2, -0.15) is 0 Å². The molecule has 8 nitrogen and oxygen atoms in total. The van der Waals surface area contributed by atoms with Crippen LogP contribution in [-0.2, 0) is 4.79 Å². The molecule has 2 atom stereocenters. The second-order valence-electron chi connectivity index (χ2n) is 9.69. The van der Waals surface area contributed by atoms with Gasteiger partial charge in [0.1, 0.15) is 17.6 Å². The molecule has 4 aromatic rings. The van der Waals surface area contributed by atoms with E-state index in [9.17, 15) is 14.7 Å². The fourth-order valence-electron chi connectivity index (χ4n) is 4.68. The van der Waals surface area contributed by atoms with E-state index in [0.717, 1.165) is 22.6 Å². The number of carboxylic acid groups (broad SMARTS) is 1. The van der Waals surface area contributed by atoms with E-state index in [1.807, 2.05) is 68.1 Å². The fourth-order valence-corrected chi connectivity index (χ4v) is 5.02. The standard InChI is InChI=1S/C30H28N4O4S/c1-17(2)28(35)32-22-12-11-19(16-18(22)3)34-27(26(33-30(34)39)23-10-6-7-15-31-23)25-14-13-24(38-25)20-8-4-5-9-21(20)29(36)37/h4-17,26-27H,1-3H3,(H,32,35)(H,33,39)(H,36,37)/t26-,27-/m1/s1. The number of thiocarbonyl (C=S) groups is 1. The van der Waals surface area contributed by atoms with E-state index in [4.69, 9.17) is 16.6 Å². The Kier molecular flexibility index (Phi) is 7.17. The molecular weight excluding hydrogens is 512 g/mol. The van der Waals surface area contributed by atoms with Crippen LogP contribution in [0.4, 0.5) is 11.4 Å². The Morgan fingerprint density at radius 1 is 1.08 bits per heavy atom. The van der Waals surface area contributed by atoms with Crippen LogP contribution in [0.15, 0.2) is 83.4 Å². The van der Waals surface area contributed by atoms with Crippen molar-refractivity contribution in [2.24, 2.45) is 5.92 Å². The highest BCUT2D eigenvalue weighted by Crippen LogP contribution is 2.43. The molecule has 39 heavy (non-hydrogen) atoms. The Labute approximate surface area is 231 Å². The number of carbonyl (C=O) groups excluding carboxylic acids is 1. The molecule has 1 fully saturated rings. The van der Waals surface area contributed by atoms with Crippen LogP contribution in [0.5, 0.6) is 0 Å². The van der Waals surface area contributed by atoms with Crippen LogP contribution in [0, 0.1) is 12.8 Å². The predicted molar refractivity (Wildman–Crippen MR) is 154 cm³/mol. The smallest absolute Gasteiger partial charge is 0.336 e. The molecule has 0 saturated carbocycles. The largest absolute Gasteiger partial charge is 0.478 e. The summed E-state index contributed by atoms with van der Waals surface area (Å²) in [7, 11) is 0. The van der Waals surface area contributed by atoms with E-state index in [0.29, 0.717) is 22.2 Å². The van der Waals surface area contributed by atoms with Gasteiger partial charge in [-0.1, -0.05) is 38.1 Å². The molecule has 3 N–H and O–H groups in total. The van der Waals surface area contributed by atoms with Crippen molar-refractivity contribution in [3.63, 3.8) is 0 Å². The van der Waals surface area contributed by atoms with Gasteiger partial charge in [0.2, 0.25) is 5.91 Å². The third kappa shape index (κ3) is 5.13. The van der Waals surface area contributed by atoms with Gasteiger partial charge in [0.05, 0.1) is 17.3 Å². The summed E-state index contributed by atoms with van der Waals surface area (Å²) in [6.45, 7) is 5.63. The van der Waals surface area contributed by atoms with Crippen LogP contribution in [0.3, 0.4) is 0 Å². The summed E-state index contributed by atoms with van der Waals surface area (Å²) >= 11 is 5.81. The third-order valence-electron chi connectivity index (χ3n) is 6.71. The first-order valence-electron chi connectivity index (χ1n) is 12.6. The average Bonchev–Trinajstić information content (AvgIpc) is 3.54. The van der Waals surface area contributed by atoms with E-state index in [1.54, 1.807) is 36.5 Å². The minimum atomic E-state index is -1.03. The molecule has 1 aliphatic rings. The number of aromatic nitrogens is 1. The summed E-state index contributed by atoms with van der Waals surface area (Å²) in [6, 6.07) is 21.1. The highest BCUT2D eigenvalue weighted by molar-refractivity contribution is 7.80. The molecule has 1 saturated heterocycles. The van der Waals surface area contributed by atoms with Crippen LogP contribution in [0.1, 0.15) is 53.3 Å². The number of pyridine rings is 1. The average molecular weight is 541 g/mol. The normalized spacial score (nSPS) is 16.8. The van der Waals surface area contributed by atoms with Crippen molar-refractivity contribution in [1.82, 2.24) is 10.3 Å². The van der Waals surface area contributed by atoms with Crippen molar-refractivity contribution in [3.8, 4) is 11.3 Å².